The Morgan fingerprint density at radius 2 is 2.00 bits per heavy atom. The van der Waals surface area contributed by atoms with E-state index in [2.05, 4.69) is 36.5 Å². The van der Waals surface area contributed by atoms with Gasteiger partial charge in [0.15, 0.2) is 0 Å². The topological polar surface area (TPSA) is 55.1 Å². The van der Waals surface area contributed by atoms with E-state index in [4.69, 9.17) is 5.73 Å². The molecule has 18 heavy (non-hydrogen) atoms. The number of hydrogen-bond acceptors (Lipinski definition) is 3. The molecule has 102 valence electrons. The first-order valence-corrected chi connectivity index (χ1v) is 6.78. The van der Waals surface area contributed by atoms with E-state index in [1.54, 1.807) is 11.8 Å². The molecular formula is C13H21ClN2OS. The lowest BCUT2D eigenvalue weighted by Gasteiger charge is -2.07. The highest BCUT2D eigenvalue weighted by atomic mass is 35.5. The van der Waals surface area contributed by atoms with E-state index in [1.807, 2.05) is 6.92 Å². The van der Waals surface area contributed by atoms with Crippen molar-refractivity contribution in [1.29, 1.82) is 0 Å². The van der Waals surface area contributed by atoms with Crippen molar-refractivity contribution in [3.05, 3.63) is 29.8 Å². The number of halogens is 1. The zero-order chi connectivity index (χ0) is 12.7. The SMILES string of the molecule is Cc1ccc(SCCNC(=O)CC(C)N)cc1.Cl. The van der Waals surface area contributed by atoms with Gasteiger partial charge < -0.3 is 11.1 Å². The summed E-state index contributed by atoms with van der Waals surface area (Å²) in [5.74, 6) is 0.915. The van der Waals surface area contributed by atoms with Gasteiger partial charge in [0.05, 0.1) is 0 Å². The first kappa shape index (κ1) is 17.3. The van der Waals surface area contributed by atoms with Gasteiger partial charge in [-0.3, -0.25) is 4.79 Å². The summed E-state index contributed by atoms with van der Waals surface area (Å²) in [6.07, 6.45) is 0.398. The van der Waals surface area contributed by atoms with Crippen LogP contribution in [0.1, 0.15) is 18.9 Å². The first-order valence-electron chi connectivity index (χ1n) is 5.79. The number of hydrogen-bond donors (Lipinski definition) is 2. The molecule has 3 nitrogen and oxygen atoms in total. The standard InChI is InChI=1S/C13H20N2OS.ClH/c1-10-3-5-12(6-4-10)17-8-7-15-13(16)9-11(2)14;/h3-6,11H,7-9,14H2,1-2H3,(H,15,16);1H. The van der Waals surface area contributed by atoms with Crippen molar-refractivity contribution in [1.82, 2.24) is 5.32 Å². The minimum Gasteiger partial charge on any atom is -0.355 e. The number of carbonyl (C=O) groups is 1. The molecule has 0 aliphatic heterocycles. The predicted octanol–water partition coefficient (Wildman–Crippen LogP) is 2.36. The maximum Gasteiger partial charge on any atom is 0.221 e. The Hall–Kier alpha value is -0.710. The summed E-state index contributed by atoms with van der Waals surface area (Å²) < 4.78 is 0. The van der Waals surface area contributed by atoms with Gasteiger partial charge in [0, 0.05) is 29.7 Å². The number of rotatable bonds is 6. The van der Waals surface area contributed by atoms with Crippen LogP contribution in [0.3, 0.4) is 0 Å². The number of nitrogens with two attached hydrogens (primary N) is 1. The number of aryl methyl sites for hydroxylation is 1. The molecule has 0 radical (unpaired) electrons. The summed E-state index contributed by atoms with van der Waals surface area (Å²) in [6.45, 7) is 4.59. The molecule has 5 heteroatoms. The van der Waals surface area contributed by atoms with E-state index in [1.165, 1.54) is 10.5 Å². The van der Waals surface area contributed by atoms with E-state index in [0.29, 0.717) is 13.0 Å². The fourth-order valence-electron chi connectivity index (χ4n) is 1.36. The van der Waals surface area contributed by atoms with E-state index < -0.39 is 0 Å². The number of amides is 1. The molecule has 0 fully saturated rings. The van der Waals surface area contributed by atoms with E-state index >= 15 is 0 Å². The summed E-state index contributed by atoms with van der Waals surface area (Å²) in [6, 6.07) is 8.32. The molecule has 1 atom stereocenters. The molecule has 1 unspecified atom stereocenters. The highest BCUT2D eigenvalue weighted by molar-refractivity contribution is 7.99. The van der Waals surface area contributed by atoms with Crippen LogP contribution in [0.5, 0.6) is 0 Å². The highest BCUT2D eigenvalue weighted by Gasteiger charge is 2.03. The average molecular weight is 289 g/mol. The van der Waals surface area contributed by atoms with E-state index in [0.717, 1.165) is 5.75 Å². The van der Waals surface area contributed by atoms with Crippen LogP contribution in [-0.2, 0) is 4.79 Å². The zero-order valence-electron chi connectivity index (χ0n) is 10.8. The maximum absolute atomic E-state index is 11.3. The Kier molecular flexibility index (Phi) is 8.89. The van der Waals surface area contributed by atoms with Crippen molar-refractivity contribution in [2.75, 3.05) is 12.3 Å². The summed E-state index contributed by atoms with van der Waals surface area (Å²) >= 11 is 1.74. The molecule has 0 aliphatic carbocycles. The van der Waals surface area contributed by atoms with Crippen molar-refractivity contribution >= 4 is 30.1 Å². The Morgan fingerprint density at radius 3 is 2.56 bits per heavy atom. The van der Waals surface area contributed by atoms with Gasteiger partial charge in [-0.15, -0.1) is 24.2 Å². The maximum atomic E-state index is 11.3. The lowest BCUT2D eigenvalue weighted by Crippen LogP contribution is -2.31. The van der Waals surface area contributed by atoms with Crippen molar-refractivity contribution in [2.24, 2.45) is 5.73 Å². The zero-order valence-corrected chi connectivity index (χ0v) is 12.4. The van der Waals surface area contributed by atoms with Crippen LogP contribution in [0.25, 0.3) is 0 Å². The molecule has 0 bridgehead atoms. The highest BCUT2D eigenvalue weighted by Crippen LogP contribution is 2.17. The predicted molar refractivity (Wildman–Crippen MR) is 80.4 cm³/mol. The lowest BCUT2D eigenvalue weighted by atomic mass is 10.2. The van der Waals surface area contributed by atoms with Gasteiger partial charge in [0.1, 0.15) is 0 Å². The lowest BCUT2D eigenvalue weighted by molar-refractivity contribution is -0.121. The van der Waals surface area contributed by atoms with Crippen molar-refractivity contribution in [2.45, 2.75) is 31.2 Å². The largest absolute Gasteiger partial charge is 0.355 e. The normalized spacial score (nSPS) is 11.5. The second-order valence-electron chi connectivity index (χ2n) is 4.19. The van der Waals surface area contributed by atoms with Gasteiger partial charge in [0.2, 0.25) is 5.91 Å². The molecule has 1 rings (SSSR count). The summed E-state index contributed by atoms with van der Waals surface area (Å²) in [5, 5.41) is 2.86. The number of thioether (sulfide) groups is 1. The van der Waals surface area contributed by atoms with Crippen LogP contribution >= 0.6 is 24.2 Å². The fraction of sp³-hybridized carbons (Fsp3) is 0.462. The summed E-state index contributed by atoms with van der Waals surface area (Å²) in [7, 11) is 0. The minimum atomic E-state index is -0.0697. The Bertz CT molecular complexity index is 355. The molecule has 0 heterocycles. The van der Waals surface area contributed by atoms with Crippen LogP contribution in [0, 0.1) is 6.92 Å². The van der Waals surface area contributed by atoms with Crippen LogP contribution in [0.15, 0.2) is 29.2 Å². The fourth-order valence-corrected chi connectivity index (χ4v) is 2.13. The molecule has 0 aromatic heterocycles. The van der Waals surface area contributed by atoms with Crippen molar-refractivity contribution < 1.29 is 4.79 Å². The Balaban J connectivity index is 0.00000289. The number of benzene rings is 1. The molecule has 1 aromatic carbocycles. The third-order valence-corrected chi connectivity index (χ3v) is 3.24. The van der Waals surface area contributed by atoms with Gasteiger partial charge in [-0.05, 0) is 26.0 Å². The molecule has 1 amide bonds. The van der Waals surface area contributed by atoms with Crippen LogP contribution in [-0.4, -0.2) is 24.2 Å². The van der Waals surface area contributed by atoms with Gasteiger partial charge in [-0.2, -0.15) is 0 Å². The third kappa shape index (κ3) is 7.58. The summed E-state index contributed by atoms with van der Waals surface area (Å²) in [4.78, 5) is 12.5. The molecule has 0 saturated heterocycles. The quantitative estimate of drug-likeness (QED) is 0.624. The molecular weight excluding hydrogens is 268 g/mol. The molecule has 0 spiro atoms. The monoisotopic (exact) mass is 288 g/mol. The smallest absolute Gasteiger partial charge is 0.221 e. The van der Waals surface area contributed by atoms with Gasteiger partial charge in [-0.1, -0.05) is 17.7 Å². The van der Waals surface area contributed by atoms with Gasteiger partial charge in [0.25, 0.3) is 0 Å². The molecule has 0 aliphatic rings. The first-order chi connectivity index (χ1) is 8.08. The molecule has 0 saturated carbocycles. The Labute approximate surface area is 119 Å². The van der Waals surface area contributed by atoms with E-state index in [9.17, 15) is 4.79 Å². The number of nitrogens with one attached hydrogen (secondary N) is 1. The third-order valence-electron chi connectivity index (χ3n) is 2.22. The molecule has 1 aromatic rings. The second-order valence-corrected chi connectivity index (χ2v) is 5.36. The van der Waals surface area contributed by atoms with Gasteiger partial charge >= 0.3 is 0 Å². The number of carbonyl (C=O) groups excluding carboxylic acids is 1. The average Bonchev–Trinajstić information content (AvgIpc) is 2.26. The van der Waals surface area contributed by atoms with Crippen molar-refractivity contribution in [3.8, 4) is 0 Å². The Morgan fingerprint density at radius 1 is 1.39 bits per heavy atom. The van der Waals surface area contributed by atoms with Crippen LogP contribution in [0.4, 0.5) is 0 Å². The molecule has 3 N–H and O–H groups in total. The minimum absolute atomic E-state index is 0. The van der Waals surface area contributed by atoms with Crippen LogP contribution < -0.4 is 11.1 Å². The summed E-state index contributed by atoms with van der Waals surface area (Å²) in [5.41, 5.74) is 6.80. The van der Waals surface area contributed by atoms with E-state index in [-0.39, 0.29) is 24.4 Å². The van der Waals surface area contributed by atoms with Crippen LogP contribution in [0.2, 0.25) is 0 Å². The van der Waals surface area contributed by atoms with Gasteiger partial charge in [-0.25, -0.2) is 0 Å². The van der Waals surface area contributed by atoms with Crippen molar-refractivity contribution in [3.63, 3.8) is 0 Å². The second kappa shape index (κ2) is 9.25.